The predicted octanol–water partition coefficient (Wildman–Crippen LogP) is -1.84. The van der Waals surface area contributed by atoms with Crippen molar-refractivity contribution in [3.63, 3.8) is 0 Å². The Balaban J connectivity index is 3.34. The van der Waals surface area contributed by atoms with Crippen molar-refractivity contribution in [2.75, 3.05) is 0 Å². The lowest BCUT2D eigenvalue weighted by atomic mass is 10.5. The minimum Gasteiger partial charge on any atom is -0.365 e. The minimum atomic E-state index is -1.61. The summed E-state index contributed by atoms with van der Waals surface area (Å²) in [6.07, 6.45) is -1.52. The summed E-state index contributed by atoms with van der Waals surface area (Å²) >= 11 is 0. The molecule has 0 spiro atoms. The van der Waals surface area contributed by atoms with Crippen LogP contribution in [-0.2, 0) is 0 Å². The molecule has 4 heteroatoms. The molecule has 0 aromatic carbocycles. The number of aliphatic hydroxyl groups excluding tert-OH is 2. The molecule has 0 bridgehead atoms. The number of rotatable bonds is 2. The lowest BCUT2D eigenvalue weighted by Crippen LogP contribution is -2.03. The lowest BCUT2D eigenvalue weighted by molar-refractivity contribution is -0.0128. The highest BCUT2D eigenvalue weighted by Gasteiger charge is 1.89. The van der Waals surface area contributed by atoms with Crippen molar-refractivity contribution in [3.05, 3.63) is 12.2 Å². The highest BCUT2D eigenvalue weighted by atomic mass is 16.5. The standard InChI is InChI=1S/C4H8O4/c5-3(6)1-2-4(7)8/h1-8H. The van der Waals surface area contributed by atoms with E-state index in [1.807, 2.05) is 0 Å². The highest BCUT2D eigenvalue weighted by molar-refractivity contribution is 4.84. The minimum absolute atomic E-state index is 0.852. The third kappa shape index (κ3) is 5.58. The van der Waals surface area contributed by atoms with Gasteiger partial charge in [-0.05, 0) is 12.2 Å². The van der Waals surface area contributed by atoms with Gasteiger partial charge in [0.1, 0.15) is 0 Å². The van der Waals surface area contributed by atoms with Gasteiger partial charge in [0.05, 0.1) is 0 Å². The third-order valence-corrected chi connectivity index (χ3v) is 0.455. The Morgan fingerprint density at radius 3 is 1.12 bits per heavy atom. The number of aliphatic hydroxyl groups is 4. The largest absolute Gasteiger partial charge is 0.365 e. The van der Waals surface area contributed by atoms with Crippen molar-refractivity contribution in [1.29, 1.82) is 0 Å². The van der Waals surface area contributed by atoms with Gasteiger partial charge >= 0.3 is 0 Å². The SMILES string of the molecule is OC(O)C=CC(O)O. The molecule has 4 N–H and O–H groups in total. The van der Waals surface area contributed by atoms with Gasteiger partial charge in [-0.25, -0.2) is 0 Å². The van der Waals surface area contributed by atoms with Gasteiger partial charge in [-0.2, -0.15) is 0 Å². The summed E-state index contributed by atoms with van der Waals surface area (Å²) in [5.74, 6) is 0. The normalized spacial score (nSPS) is 12.2. The first-order chi connectivity index (χ1) is 3.63. The van der Waals surface area contributed by atoms with Gasteiger partial charge < -0.3 is 20.4 Å². The van der Waals surface area contributed by atoms with E-state index in [9.17, 15) is 0 Å². The van der Waals surface area contributed by atoms with Crippen LogP contribution in [-0.4, -0.2) is 33.0 Å². The molecule has 0 aliphatic carbocycles. The van der Waals surface area contributed by atoms with E-state index in [0.29, 0.717) is 0 Å². The molecule has 0 aliphatic rings. The van der Waals surface area contributed by atoms with E-state index in [-0.39, 0.29) is 0 Å². The molecule has 4 nitrogen and oxygen atoms in total. The fourth-order valence-electron chi connectivity index (χ4n) is 0.199. The zero-order chi connectivity index (χ0) is 6.57. The van der Waals surface area contributed by atoms with Gasteiger partial charge in [0.25, 0.3) is 0 Å². The van der Waals surface area contributed by atoms with E-state index in [2.05, 4.69) is 0 Å². The maximum absolute atomic E-state index is 8.05. The van der Waals surface area contributed by atoms with Crippen molar-refractivity contribution in [1.82, 2.24) is 0 Å². The summed E-state index contributed by atoms with van der Waals surface area (Å²) in [5, 5.41) is 32.2. The monoisotopic (exact) mass is 120 g/mol. The van der Waals surface area contributed by atoms with E-state index in [0.717, 1.165) is 12.2 Å². The van der Waals surface area contributed by atoms with E-state index >= 15 is 0 Å². The Hall–Kier alpha value is -0.420. The van der Waals surface area contributed by atoms with Crippen LogP contribution >= 0.6 is 0 Å². The van der Waals surface area contributed by atoms with Crippen LogP contribution in [0.4, 0.5) is 0 Å². The first-order valence-electron chi connectivity index (χ1n) is 2.03. The van der Waals surface area contributed by atoms with Crippen LogP contribution in [0, 0.1) is 0 Å². The van der Waals surface area contributed by atoms with Gasteiger partial charge in [-0.15, -0.1) is 0 Å². The van der Waals surface area contributed by atoms with E-state index in [1.54, 1.807) is 0 Å². The first kappa shape index (κ1) is 7.58. The number of hydrogen-bond acceptors (Lipinski definition) is 4. The predicted molar refractivity (Wildman–Crippen MR) is 25.6 cm³/mol. The van der Waals surface area contributed by atoms with E-state index in [1.165, 1.54) is 0 Å². The van der Waals surface area contributed by atoms with Gasteiger partial charge in [-0.1, -0.05) is 0 Å². The molecule has 8 heavy (non-hydrogen) atoms. The fourth-order valence-corrected chi connectivity index (χ4v) is 0.199. The van der Waals surface area contributed by atoms with Crippen LogP contribution in [0.5, 0.6) is 0 Å². The van der Waals surface area contributed by atoms with Crippen molar-refractivity contribution in [2.24, 2.45) is 0 Å². The summed E-state index contributed by atoms with van der Waals surface area (Å²) in [7, 11) is 0. The Bertz CT molecular complexity index is 66.1. The van der Waals surface area contributed by atoms with E-state index < -0.39 is 12.6 Å². The summed E-state index contributed by atoms with van der Waals surface area (Å²) in [6, 6.07) is 0. The third-order valence-electron chi connectivity index (χ3n) is 0.455. The average Bonchev–Trinajstić information content (AvgIpc) is 1.61. The van der Waals surface area contributed by atoms with Gasteiger partial charge in [0, 0.05) is 0 Å². The highest BCUT2D eigenvalue weighted by Crippen LogP contribution is 1.81. The lowest BCUT2D eigenvalue weighted by Gasteiger charge is -1.93. The Morgan fingerprint density at radius 2 is 1.00 bits per heavy atom. The number of hydrogen-bond donors (Lipinski definition) is 4. The van der Waals surface area contributed by atoms with Gasteiger partial charge in [-0.3, -0.25) is 0 Å². The van der Waals surface area contributed by atoms with Crippen molar-refractivity contribution in [3.8, 4) is 0 Å². The summed E-state index contributed by atoms with van der Waals surface area (Å²) in [6.45, 7) is 0. The van der Waals surface area contributed by atoms with Crippen LogP contribution in [0.3, 0.4) is 0 Å². The molecule has 48 valence electrons. The molecule has 0 aliphatic heterocycles. The first-order valence-corrected chi connectivity index (χ1v) is 2.03. The molecular formula is C4H8O4. The molecular weight excluding hydrogens is 112 g/mol. The van der Waals surface area contributed by atoms with Crippen molar-refractivity contribution < 1.29 is 20.4 Å². The molecule has 0 heterocycles. The van der Waals surface area contributed by atoms with Crippen LogP contribution in [0.2, 0.25) is 0 Å². The molecule has 0 radical (unpaired) electrons. The van der Waals surface area contributed by atoms with Crippen LogP contribution in [0.1, 0.15) is 0 Å². The zero-order valence-electron chi connectivity index (χ0n) is 4.10. The molecule has 0 aromatic heterocycles. The average molecular weight is 120 g/mol. The second-order valence-corrected chi connectivity index (χ2v) is 1.21. The van der Waals surface area contributed by atoms with Crippen molar-refractivity contribution in [2.45, 2.75) is 12.6 Å². The molecule has 0 saturated heterocycles. The summed E-state index contributed by atoms with van der Waals surface area (Å²) in [5.41, 5.74) is 0. The molecule has 0 atom stereocenters. The zero-order valence-corrected chi connectivity index (χ0v) is 4.10. The molecule has 0 saturated carbocycles. The Labute approximate surface area is 46.3 Å². The maximum Gasteiger partial charge on any atom is 0.171 e. The quantitative estimate of drug-likeness (QED) is 0.255. The second-order valence-electron chi connectivity index (χ2n) is 1.21. The Kier molecular flexibility index (Phi) is 3.38. The van der Waals surface area contributed by atoms with Crippen LogP contribution in [0.25, 0.3) is 0 Å². The second kappa shape index (κ2) is 3.57. The summed E-state index contributed by atoms with van der Waals surface area (Å²) in [4.78, 5) is 0. The fraction of sp³-hybridized carbons (Fsp3) is 0.500. The maximum atomic E-state index is 8.05. The smallest absolute Gasteiger partial charge is 0.171 e. The van der Waals surface area contributed by atoms with Crippen LogP contribution in [0.15, 0.2) is 12.2 Å². The van der Waals surface area contributed by atoms with Crippen molar-refractivity contribution >= 4 is 0 Å². The molecule has 0 fully saturated rings. The van der Waals surface area contributed by atoms with Gasteiger partial charge in [0.2, 0.25) is 0 Å². The topological polar surface area (TPSA) is 80.9 Å². The Morgan fingerprint density at radius 1 is 0.750 bits per heavy atom. The molecule has 0 amide bonds. The molecule has 0 unspecified atom stereocenters. The summed E-state index contributed by atoms with van der Waals surface area (Å²) < 4.78 is 0. The molecule has 0 aromatic rings. The molecule has 0 rings (SSSR count). The van der Waals surface area contributed by atoms with Gasteiger partial charge in [0.15, 0.2) is 12.6 Å². The van der Waals surface area contributed by atoms with E-state index in [4.69, 9.17) is 20.4 Å². The van der Waals surface area contributed by atoms with Crippen LogP contribution < -0.4 is 0 Å².